The van der Waals surface area contributed by atoms with Crippen molar-refractivity contribution in [1.29, 1.82) is 0 Å². The van der Waals surface area contributed by atoms with Crippen molar-refractivity contribution in [2.45, 2.75) is 51.2 Å². The van der Waals surface area contributed by atoms with Crippen LogP contribution >= 0.6 is 0 Å². The Hall–Kier alpha value is -1.36. The zero-order valence-electron chi connectivity index (χ0n) is 10.9. The summed E-state index contributed by atoms with van der Waals surface area (Å²) in [5, 5.41) is 10.7. The number of nitrogens with one attached hydrogen (secondary N) is 2. The molecule has 0 radical (unpaired) electrons. The maximum Gasteiger partial charge on any atom is 0.229 e. The average Bonchev–Trinajstić information content (AvgIpc) is 3.03. The van der Waals surface area contributed by atoms with Crippen LogP contribution in [-0.4, -0.2) is 27.8 Å². The molecule has 18 heavy (non-hydrogen) atoms. The maximum absolute atomic E-state index is 12.2. The van der Waals surface area contributed by atoms with E-state index in [1.54, 1.807) is 6.20 Å². The number of fused-ring (bicyclic) bond motifs is 2. The predicted octanol–water partition coefficient (Wildman–Crippen LogP) is 1.54. The van der Waals surface area contributed by atoms with Crippen molar-refractivity contribution in [3.05, 3.63) is 12.4 Å². The van der Waals surface area contributed by atoms with Gasteiger partial charge < -0.3 is 10.6 Å². The molecular weight excluding hydrogens is 228 g/mol. The van der Waals surface area contributed by atoms with Crippen molar-refractivity contribution in [1.82, 2.24) is 15.1 Å². The highest BCUT2D eigenvalue weighted by molar-refractivity contribution is 5.93. The summed E-state index contributed by atoms with van der Waals surface area (Å²) in [5.41, 5.74) is 0.802. The molecule has 98 valence electrons. The summed E-state index contributed by atoms with van der Waals surface area (Å²) < 4.78 is 1.86. The van der Waals surface area contributed by atoms with E-state index in [0.717, 1.165) is 18.5 Å². The van der Waals surface area contributed by atoms with E-state index in [0.29, 0.717) is 18.1 Å². The molecule has 1 amide bonds. The van der Waals surface area contributed by atoms with E-state index in [1.165, 1.54) is 6.42 Å². The van der Waals surface area contributed by atoms with E-state index in [9.17, 15) is 4.79 Å². The Morgan fingerprint density at radius 3 is 2.94 bits per heavy atom. The monoisotopic (exact) mass is 248 g/mol. The van der Waals surface area contributed by atoms with Crippen LogP contribution in [0.3, 0.4) is 0 Å². The third kappa shape index (κ3) is 2.03. The van der Waals surface area contributed by atoms with Gasteiger partial charge >= 0.3 is 0 Å². The summed E-state index contributed by atoms with van der Waals surface area (Å²) in [5.74, 6) is 0.268. The van der Waals surface area contributed by atoms with Gasteiger partial charge in [-0.1, -0.05) is 0 Å². The number of amides is 1. The molecule has 0 spiro atoms. The van der Waals surface area contributed by atoms with Crippen molar-refractivity contribution < 1.29 is 4.79 Å². The Morgan fingerprint density at radius 1 is 1.56 bits per heavy atom. The standard InChI is InChI=1S/C13H20N4O/c1-8(2)17-7-10(6-14-17)16-13(18)11-5-9-3-4-12(11)15-9/h6-9,11-12,15H,3-5H2,1-2H3,(H,16,18). The first kappa shape index (κ1) is 11.7. The molecule has 0 aliphatic carbocycles. The molecule has 5 nitrogen and oxygen atoms in total. The molecule has 1 aromatic heterocycles. The quantitative estimate of drug-likeness (QED) is 0.853. The van der Waals surface area contributed by atoms with Crippen LogP contribution < -0.4 is 10.6 Å². The Bertz CT molecular complexity index is 454. The Labute approximate surface area is 107 Å². The van der Waals surface area contributed by atoms with Crippen LogP contribution in [0.5, 0.6) is 0 Å². The molecule has 3 unspecified atom stereocenters. The van der Waals surface area contributed by atoms with Crippen molar-refractivity contribution in [3.8, 4) is 0 Å². The third-order valence-corrected chi connectivity index (χ3v) is 4.03. The fourth-order valence-electron chi connectivity index (χ4n) is 3.03. The molecule has 3 heterocycles. The summed E-state index contributed by atoms with van der Waals surface area (Å²) in [6, 6.07) is 1.26. The largest absolute Gasteiger partial charge is 0.323 e. The number of carbonyl (C=O) groups is 1. The van der Waals surface area contributed by atoms with Crippen molar-refractivity contribution in [2.24, 2.45) is 5.92 Å². The summed E-state index contributed by atoms with van der Waals surface area (Å²) in [4.78, 5) is 12.2. The predicted molar refractivity (Wildman–Crippen MR) is 69.3 cm³/mol. The van der Waals surface area contributed by atoms with Gasteiger partial charge in [0.05, 0.1) is 17.8 Å². The van der Waals surface area contributed by atoms with Gasteiger partial charge in [0.25, 0.3) is 0 Å². The lowest BCUT2D eigenvalue weighted by atomic mass is 9.88. The third-order valence-electron chi connectivity index (χ3n) is 4.03. The smallest absolute Gasteiger partial charge is 0.229 e. The molecule has 2 fully saturated rings. The number of hydrogen-bond donors (Lipinski definition) is 2. The van der Waals surface area contributed by atoms with E-state index >= 15 is 0 Å². The van der Waals surface area contributed by atoms with E-state index in [-0.39, 0.29) is 11.8 Å². The van der Waals surface area contributed by atoms with E-state index in [2.05, 4.69) is 29.6 Å². The highest BCUT2D eigenvalue weighted by atomic mass is 16.2. The SMILES string of the molecule is CC(C)n1cc(NC(=O)C2CC3CCC2N3)cn1. The first-order valence-electron chi connectivity index (χ1n) is 6.74. The van der Waals surface area contributed by atoms with Gasteiger partial charge in [0.2, 0.25) is 5.91 Å². The van der Waals surface area contributed by atoms with Gasteiger partial charge in [-0.3, -0.25) is 9.48 Å². The van der Waals surface area contributed by atoms with Gasteiger partial charge in [0, 0.05) is 24.3 Å². The van der Waals surface area contributed by atoms with Crippen LogP contribution in [0.1, 0.15) is 39.2 Å². The Morgan fingerprint density at radius 2 is 2.39 bits per heavy atom. The van der Waals surface area contributed by atoms with Crippen LogP contribution in [0.4, 0.5) is 5.69 Å². The zero-order valence-corrected chi connectivity index (χ0v) is 10.9. The lowest BCUT2D eigenvalue weighted by Crippen LogP contribution is -2.32. The number of aromatic nitrogens is 2. The minimum absolute atomic E-state index is 0.131. The van der Waals surface area contributed by atoms with E-state index in [4.69, 9.17) is 0 Å². The summed E-state index contributed by atoms with van der Waals surface area (Å²) >= 11 is 0. The van der Waals surface area contributed by atoms with Gasteiger partial charge in [-0.15, -0.1) is 0 Å². The topological polar surface area (TPSA) is 59.0 Å². The van der Waals surface area contributed by atoms with Gasteiger partial charge in [0.15, 0.2) is 0 Å². The normalized spacial score (nSPS) is 30.1. The van der Waals surface area contributed by atoms with Crippen LogP contribution in [0.2, 0.25) is 0 Å². The maximum atomic E-state index is 12.2. The number of carbonyl (C=O) groups excluding carboxylic acids is 1. The highest BCUT2D eigenvalue weighted by Crippen LogP contribution is 2.33. The molecule has 2 N–H and O–H groups in total. The highest BCUT2D eigenvalue weighted by Gasteiger charge is 2.42. The van der Waals surface area contributed by atoms with Gasteiger partial charge in [-0.2, -0.15) is 5.10 Å². The Kier molecular flexibility index (Phi) is 2.86. The molecule has 0 aromatic carbocycles. The minimum Gasteiger partial charge on any atom is -0.323 e. The molecule has 3 atom stereocenters. The second kappa shape index (κ2) is 4.39. The number of nitrogens with zero attached hydrogens (tertiary/aromatic N) is 2. The van der Waals surface area contributed by atoms with Gasteiger partial charge in [-0.05, 0) is 33.1 Å². The first-order chi connectivity index (χ1) is 8.63. The van der Waals surface area contributed by atoms with E-state index < -0.39 is 0 Å². The second-order valence-corrected chi connectivity index (χ2v) is 5.68. The number of anilines is 1. The molecule has 2 aliphatic heterocycles. The zero-order chi connectivity index (χ0) is 12.7. The van der Waals surface area contributed by atoms with E-state index in [1.807, 2.05) is 10.9 Å². The lowest BCUT2D eigenvalue weighted by Gasteiger charge is -2.18. The summed E-state index contributed by atoms with van der Waals surface area (Å²) in [6.07, 6.45) is 6.95. The molecule has 1 aromatic rings. The van der Waals surface area contributed by atoms with Gasteiger partial charge in [0.1, 0.15) is 0 Å². The summed E-state index contributed by atoms with van der Waals surface area (Å²) in [6.45, 7) is 4.14. The average molecular weight is 248 g/mol. The molecule has 2 aliphatic rings. The molecular formula is C13H20N4O. The molecule has 2 saturated heterocycles. The van der Waals surface area contributed by atoms with Crippen molar-refractivity contribution in [3.63, 3.8) is 0 Å². The van der Waals surface area contributed by atoms with Crippen LogP contribution in [0.25, 0.3) is 0 Å². The van der Waals surface area contributed by atoms with Crippen LogP contribution in [-0.2, 0) is 4.79 Å². The molecule has 2 bridgehead atoms. The Balaban J connectivity index is 1.63. The molecule has 5 heteroatoms. The van der Waals surface area contributed by atoms with Crippen molar-refractivity contribution in [2.75, 3.05) is 5.32 Å². The van der Waals surface area contributed by atoms with Crippen LogP contribution in [0.15, 0.2) is 12.4 Å². The van der Waals surface area contributed by atoms with Gasteiger partial charge in [-0.25, -0.2) is 0 Å². The minimum atomic E-state index is 0.131. The number of hydrogen-bond acceptors (Lipinski definition) is 3. The molecule has 3 rings (SSSR count). The fraction of sp³-hybridized carbons (Fsp3) is 0.692. The first-order valence-corrected chi connectivity index (χ1v) is 6.74. The lowest BCUT2D eigenvalue weighted by molar-refractivity contribution is -0.120. The molecule has 0 saturated carbocycles. The summed E-state index contributed by atoms with van der Waals surface area (Å²) in [7, 11) is 0. The van der Waals surface area contributed by atoms with Crippen LogP contribution in [0, 0.1) is 5.92 Å². The fourth-order valence-corrected chi connectivity index (χ4v) is 3.03. The number of rotatable bonds is 3. The second-order valence-electron chi connectivity index (χ2n) is 5.68. The van der Waals surface area contributed by atoms with Crippen molar-refractivity contribution >= 4 is 11.6 Å².